The molecule has 1 unspecified atom stereocenters. The number of hydrogen-bond acceptors (Lipinski definition) is 6. The molecule has 0 spiro atoms. The van der Waals surface area contributed by atoms with Crippen molar-refractivity contribution in [3.63, 3.8) is 0 Å². The second kappa shape index (κ2) is 4.65. The fourth-order valence-corrected chi connectivity index (χ4v) is 2.59. The predicted molar refractivity (Wildman–Crippen MR) is 73.0 cm³/mol. The number of imide groups is 1. The van der Waals surface area contributed by atoms with Crippen LogP contribution in [0.4, 0.5) is 11.4 Å². The van der Waals surface area contributed by atoms with Gasteiger partial charge in [0.15, 0.2) is 0 Å². The number of nitro groups is 1. The van der Waals surface area contributed by atoms with Gasteiger partial charge in [-0.25, -0.2) is 4.99 Å². The van der Waals surface area contributed by atoms with E-state index in [2.05, 4.69) is 10.3 Å². The maximum Gasteiger partial charge on any atom is 0.269 e. The Kier molecular flexibility index (Phi) is 2.93. The number of carbonyl (C=O) groups excluding carboxylic acids is 2. The van der Waals surface area contributed by atoms with Gasteiger partial charge in [-0.15, -0.1) is 0 Å². The number of aliphatic imine (C=N–C) groups is 1. The van der Waals surface area contributed by atoms with E-state index in [1.165, 1.54) is 12.1 Å². The zero-order chi connectivity index (χ0) is 15.1. The fourth-order valence-electron chi connectivity index (χ4n) is 2.59. The first-order valence-electron chi connectivity index (χ1n) is 6.38. The number of nitrogens with one attached hydrogen (secondary N) is 1. The molecule has 1 aromatic rings. The minimum Gasteiger partial charge on any atom is -0.343 e. The summed E-state index contributed by atoms with van der Waals surface area (Å²) < 4.78 is 0. The van der Waals surface area contributed by atoms with Gasteiger partial charge in [0.25, 0.3) is 5.69 Å². The minimum atomic E-state index is -0.603. The van der Waals surface area contributed by atoms with Gasteiger partial charge < -0.3 is 4.90 Å². The largest absolute Gasteiger partial charge is 0.343 e. The molecule has 2 aliphatic rings. The first kappa shape index (κ1) is 13.2. The molecule has 2 amide bonds. The van der Waals surface area contributed by atoms with Gasteiger partial charge in [-0.05, 0) is 13.0 Å². The highest BCUT2D eigenvalue weighted by atomic mass is 16.6. The third kappa shape index (κ3) is 2.24. The van der Waals surface area contributed by atoms with Crippen LogP contribution >= 0.6 is 0 Å². The highest BCUT2D eigenvalue weighted by Gasteiger charge is 2.37. The third-order valence-electron chi connectivity index (χ3n) is 3.63. The van der Waals surface area contributed by atoms with Crippen LogP contribution in [0.2, 0.25) is 0 Å². The Morgan fingerprint density at radius 2 is 2.19 bits per heavy atom. The van der Waals surface area contributed by atoms with E-state index in [4.69, 9.17) is 0 Å². The molecule has 1 saturated heterocycles. The smallest absolute Gasteiger partial charge is 0.269 e. The minimum absolute atomic E-state index is 0.0181. The molecule has 0 radical (unpaired) electrons. The van der Waals surface area contributed by atoms with Crippen molar-refractivity contribution in [2.24, 2.45) is 4.99 Å². The molecule has 0 aliphatic carbocycles. The second-order valence-corrected chi connectivity index (χ2v) is 4.99. The molecule has 1 fully saturated rings. The summed E-state index contributed by atoms with van der Waals surface area (Å²) in [7, 11) is 0. The zero-order valence-electron chi connectivity index (χ0n) is 11.2. The zero-order valence-corrected chi connectivity index (χ0v) is 11.2. The van der Waals surface area contributed by atoms with Gasteiger partial charge in [0, 0.05) is 24.2 Å². The molecule has 21 heavy (non-hydrogen) atoms. The standard InChI is InChI=1S/C13H12N4O4/c1-7-14-10-3-2-9(17(20)21)4-8(10)6-16(7)11-5-12(18)15-13(11)19/h2-4,11H,5-6H2,1H3,(H,15,18,19). The normalized spacial score (nSPS) is 20.9. The highest BCUT2D eigenvalue weighted by molar-refractivity contribution is 6.07. The summed E-state index contributed by atoms with van der Waals surface area (Å²) in [6.45, 7) is 2.07. The molecule has 3 rings (SSSR count). The maximum atomic E-state index is 11.8. The molecule has 2 aliphatic heterocycles. The molecule has 8 heteroatoms. The van der Waals surface area contributed by atoms with E-state index >= 15 is 0 Å². The Balaban J connectivity index is 1.95. The van der Waals surface area contributed by atoms with Crippen molar-refractivity contribution in [1.29, 1.82) is 0 Å². The van der Waals surface area contributed by atoms with Crippen LogP contribution in [0.15, 0.2) is 23.2 Å². The quantitative estimate of drug-likeness (QED) is 0.494. The lowest BCUT2D eigenvalue weighted by molar-refractivity contribution is -0.384. The van der Waals surface area contributed by atoms with Crippen LogP contribution in [-0.2, 0) is 16.1 Å². The Morgan fingerprint density at radius 1 is 1.43 bits per heavy atom. The summed E-state index contributed by atoms with van der Waals surface area (Å²) in [5.74, 6) is -0.0581. The number of carbonyl (C=O) groups is 2. The van der Waals surface area contributed by atoms with Gasteiger partial charge in [-0.1, -0.05) is 0 Å². The lowest BCUT2D eigenvalue weighted by Gasteiger charge is -2.32. The number of rotatable bonds is 2. The number of hydrogen-bond donors (Lipinski definition) is 1. The van der Waals surface area contributed by atoms with E-state index < -0.39 is 11.0 Å². The summed E-state index contributed by atoms with van der Waals surface area (Å²) in [6.07, 6.45) is 0.0793. The van der Waals surface area contributed by atoms with Crippen LogP contribution < -0.4 is 5.32 Å². The van der Waals surface area contributed by atoms with Crippen molar-refractivity contribution >= 4 is 29.0 Å². The molecule has 1 atom stereocenters. The summed E-state index contributed by atoms with van der Waals surface area (Å²) >= 11 is 0. The van der Waals surface area contributed by atoms with Gasteiger partial charge in [0.1, 0.15) is 11.9 Å². The van der Waals surface area contributed by atoms with Crippen molar-refractivity contribution < 1.29 is 14.5 Å². The molecule has 8 nitrogen and oxygen atoms in total. The summed E-state index contributed by atoms with van der Waals surface area (Å²) in [4.78, 5) is 39.5. The molecule has 108 valence electrons. The summed E-state index contributed by atoms with van der Waals surface area (Å²) in [6, 6.07) is 3.84. The predicted octanol–water partition coefficient (Wildman–Crippen LogP) is 0.875. The summed E-state index contributed by atoms with van der Waals surface area (Å²) in [5.41, 5.74) is 1.30. The molecule has 1 N–H and O–H groups in total. The lowest BCUT2D eigenvalue weighted by Crippen LogP contribution is -2.44. The number of amidine groups is 1. The van der Waals surface area contributed by atoms with Gasteiger partial charge >= 0.3 is 0 Å². The molecule has 0 aromatic heterocycles. The molecule has 2 heterocycles. The second-order valence-electron chi connectivity index (χ2n) is 4.99. The highest BCUT2D eigenvalue weighted by Crippen LogP contribution is 2.31. The maximum absolute atomic E-state index is 11.8. The van der Waals surface area contributed by atoms with Crippen LogP contribution in [0.5, 0.6) is 0 Å². The summed E-state index contributed by atoms with van der Waals surface area (Å²) in [5, 5.41) is 13.1. The number of amides is 2. The van der Waals surface area contributed by atoms with Crippen molar-refractivity contribution in [3.05, 3.63) is 33.9 Å². The SMILES string of the molecule is CC1=Nc2ccc([N+](=O)[O-])cc2CN1C1CC(=O)NC1=O. The first-order chi connectivity index (χ1) is 9.95. The molecular formula is C13H12N4O4. The average Bonchev–Trinajstić information content (AvgIpc) is 2.76. The van der Waals surface area contributed by atoms with Gasteiger partial charge in [-0.3, -0.25) is 25.0 Å². The molecule has 0 bridgehead atoms. The van der Waals surface area contributed by atoms with E-state index in [0.29, 0.717) is 23.6 Å². The molecular weight excluding hydrogens is 276 g/mol. The monoisotopic (exact) mass is 288 g/mol. The van der Waals surface area contributed by atoms with Gasteiger partial charge in [0.05, 0.1) is 17.0 Å². The van der Waals surface area contributed by atoms with E-state index in [1.807, 2.05) is 0 Å². The van der Waals surface area contributed by atoms with E-state index in [9.17, 15) is 19.7 Å². The Bertz CT molecular complexity index is 697. The average molecular weight is 288 g/mol. The van der Waals surface area contributed by atoms with Gasteiger partial charge in [0.2, 0.25) is 11.8 Å². The van der Waals surface area contributed by atoms with E-state index in [0.717, 1.165) is 0 Å². The van der Waals surface area contributed by atoms with Crippen LogP contribution in [0.25, 0.3) is 0 Å². The van der Waals surface area contributed by atoms with E-state index in [-0.39, 0.29) is 23.9 Å². The lowest BCUT2D eigenvalue weighted by atomic mass is 10.1. The fraction of sp³-hybridized carbons (Fsp3) is 0.308. The van der Waals surface area contributed by atoms with Crippen LogP contribution in [-0.4, -0.2) is 33.5 Å². The van der Waals surface area contributed by atoms with Crippen molar-refractivity contribution in [1.82, 2.24) is 10.2 Å². The number of nitrogens with zero attached hydrogens (tertiary/aromatic N) is 3. The van der Waals surface area contributed by atoms with Crippen molar-refractivity contribution in [2.45, 2.75) is 25.9 Å². The number of nitro benzene ring substituents is 1. The molecule has 1 aromatic carbocycles. The topological polar surface area (TPSA) is 105 Å². The number of fused-ring (bicyclic) bond motifs is 1. The van der Waals surface area contributed by atoms with Crippen LogP contribution in [0.3, 0.4) is 0 Å². The first-order valence-corrected chi connectivity index (χ1v) is 6.38. The third-order valence-corrected chi connectivity index (χ3v) is 3.63. The van der Waals surface area contributed by atoms with Crippen LogP contribution in [0.1, 0.15) is 18.9 Å². The Hall–Kier alpha value is -2.77. The Labute approximate surface area is 119 Å². The number of benzene rings is 1. The van der Waals surface area contributed by atoms with E-state index in [1.54, 1.807) is 17.9 Å². The van der Waals surface area contributed by atoms with Gasteiger partial charge in [-0.2, -0.15) is 0 Å². The Morgan fingerprint density at radius 3 is 2.81 bits per heavy atom. The van der Waals surface area contributed by atoms with Crippen molar-refractivity contribution in [3.8, 4) is 0 Å². The van der Waals surface area contributed by atoms with Crippen LogP contribution in [0, 0.1) is 10.1 Å². The van der Waals surface area contributed by atoms with Crippen molar-refractivity contribution in [2.75, 3.05) is 0 Å². The number of non-ortho nitro benzene ring substituents is 1. The molecule has 0 saturated carbocycles.